The number of nitrogens with one attached hydrogen (secondary N) is 3. The van der Waals surface area contributed by atoms with Crippen LogP contribution in [0.4, 0.5) is 5.69 Å². The van der Waals surface area contributed by atoms with Crippen LogP contribution in [0.2, 0.25) is 5.02 Å². The van der Waals surface area contributed by atoms with Gasteiger partial charge in [-0.2, -0.15) is 0 Å². The molecule has 0 spiro atoms. The summed E-state index contributed by atoms with van der Waals surface area (Å²) >= 11 is 6.03. The van der Waals surface area contributed by atoms with Crippen molar-refractivity contribution in [3.05, 3.63) is 64.2 Å². The number of halogens is 1. The molecule has 0 aromatic heterocycles. The molecule has 2 aromatic carbocycles. The molecule has 28 heavy (non-hydrogen) atoms. The quantitative estimate of drug-likeness (QED) is 0.721. The minimum absolute atomic E-state index is 0.0182. The van der Waals surface area contributed by atoms with E-state index in [1.54, 1.807) is 31.2 Å². The fourth-order valence-electron chi connectivity index (χ4n) is 3.08. The van der Waals surface area contributed by atoms with Gasteiger partial charge in [0.2, 0.25) is 11.8 Å². The van der Waals surface area contributed by atoms with Crippen molar-refractivity contribution in [2.45, 2.75) is 38.8 Å². The number of fused-ring (bicyclic) bond motifs is 1. The smallest absolute Gasteiger partial charge is 0.253 e. The van der Waals surface area contributed by atoms with Gasteiger partial charge in [-0.15, -0.1) is 0 Å². The summed E-state index contributed by atoms with van der Waals surface area (Å²) in [4.78, 5) is 36.3. The highest BCUT2D eigenvalue weighted by Gasteiger charge is 2.21. The summed E-state index contributed by atoms with van der Waals surface area (Å²) in [5, 5.41) is 8.75. The molecule has 1 aliphatic rings. The summed E-state index contributed by atoms with van der Waals surface area (Å²) in [6.07, 6.45) is 1.14. The molecule has 6 nitrogen and oxygen atoms in total. The van der Waals surface area contributed by atoms with Crippen molar-refractivity contribution in [3.8, 4) is 0 Å². The second-order valence-electron chi connectivity index (χ2n) is 6.87. The molecule has 146 valence electrons. The van der Waals surface area contributed by atoms with Crippen molar-refractivity contribution in [3.63, 3.8) is 0 Å². The van der Waals surface area contributed by atoms with E-state index in [1.165, 1.54) is 0 Å². The van der Waals surface area contributed by atoms with Crippen LogP contribution in [0.15, 0.2) is 42.5 Å². The minimum atomic E-state index is -0.719. The van der Waals surface area contributed by atoms with Crippen LogP contribution in [0.1, 0.15) is 47.8 Å². The van der Waals surface area contributed by atoms with E-state index in [0.29, 0.717) is 23.4 Å². The van der Waals surface area contributed by atoms with Gasteiger partial charge < -0.3 is 16.0 Å². The monoisotopic (exact) mass is 399 g/mol. The molecule has 0 fully saturated rings. The number of hydrogen-bond acceptors (Lipinski definition) is 3. The molecule has 0 bridgehead atoms. The third kappa shape index (κ3) is 4.51. The maximum Gasteiger partial charge on any atom is 0.253 e. The Balaban J connectivity index is 1.61. The highest BCUT2D eigenvalue weighted by atomic mass is 35.5. The fourth-order valence-corrected chi connectivity index (χ4v) is 3.30. The summed E-state index contributed by atoms with van der Waals surface area (Å²) in [5.74, 6) is -0.672. The normalized spacial score (nSPS) is 15.0. The van der Waals surface area contributed by atoms with E-state index in [0.717, 1.165) is 16.8 Å². The second-order valence-corrected chi connectivity index (χ2v) is 7.28. The number of carbonyl (C=O) groups excluding carboxylic acids is 3. The van der Waals surface area contributed by atoms with Gasteiger partial charge in [-0.05, 0) is 49.6 Å². The standard InChI is InChI=1S/C21H22ClN3O3/c1-12(14-7-9-18-15(11-14)8-10-19(26)25-18)23-20(27)13(2)24-21(28)16-5-3-4-6-17(16)22/h3-7,9,11-13H,8,10H2,1-2H3,(H,23,27)(H,24,28)(H,25,26). The van der Waals surface area contributed by atoms with Crippen LogP contribution in [0, 0.1) is 0 Å². The SMILES string of the molecule is CC(NC(=O)c1ccccc1Cl)C(=O)NC(C)c1ccc2c(c1)CCC(=O)N2. The zero-order chi connectivity index (χ0) is 20.3. The van der Waals surface area contributed by atoms with E-state index < -0.39 is 11.9 Å². The Morgan fingerprint density at radius 2 is 1.82 bits per heavy atom. The maximum atomic E-state index is 12.5. The first-order valence-electron chi connectivity index (χ1n) is 9.13. The lowest BCUT2D eigenvalue weighted by molar-refractivity contribution is -0.123. The Bertz CT molecular complexity index is 929. The van der Waals surface area contributed by atoms with Crippen LogP contribution >= 0.6 is 11.6 Å². The summed E-state index contributed by atoms with van der Waals surface area (Å²) < 4.78 is 0. The highest BCUT2D eigenvalue weighted by Crippen LogP contribution is 2.26. The predicted molar refractivity (Wildman–Crippen MR) is 108 cm³/mol. The maximum absolute atomic E-state index is 12.5. The zero-order valence-corrected chi connectivity index (χ0v) is 16.5. The van der Waals surface area contributed by atoms with E-state index in [1.807, 2.05) is 25.1 Å². The molecule has 2 atom stereocenters. The van der Waals surface area contributed by atoms with Gasteiger partial charge in [-0.25, -0.2) is 0 Å². The lowest BCUT2D eigenvalue weighted by Gasteiger charge is -2.22. The Labute approximate surface area is 168 Å². The Kier molecular flexibility index (Phi) is 5.99. The number of benzene rings is 2. The van der Waals surface area contributed by atoms with Gasteiger partial charge in [-0.3, -0.25) is 14.4 Å². The summed E-state index contributed by atoms with van der Waals surface area (Å²) in [6.45, 7) is 3.50. The molecule has 0 saturated carbocycles. The largest absolute Gasteiger partial charge is 0.348 e. The Hall–Kier alpha value is -2.86. The van der Waals surface area contributed by atoms with E-state index in [-0.39, 0.29) is 17.9 Å². The first-order valence-corrected chi connectivity index (χ1v) is 9.51. The molecule has 3 N–H and O–H groups in total. The van der Waals surface area contributed by atoms with Gasteiger partial charge in [0.25, 0.3) is 5.91 Å². The number of hydrogen-bond donors (Lipinski definition) is 3. The fraction of sp³-hybridized carbons (Fsp3) is 0.286. The average molecular weight is 400 g/mol. The van der Waals surface area contributed by atoms with Crippen molar-refractivity contribution in [1.82, 2.24) is 10.6 Å². The van der Waals surface area contributed by atoms with E-state index in [9.17, 15) is 14.4 Å². The van der Waals surface area contributed by atoms with Crippen molar-refractivity contribution in [1.29, 1.82) is 0 Å². The molecule has 0 aliphatic carbocycles. The molecule has 2 aromatic rings. The zero-order valence-electron chi connectivity index (χ0n) is 15.7. The second kappa shape index (κ2) is 8.44. The first kappa shape index (κ1) is 19.9. The molecule has 0 radical (unpaired) electrons. The minimum Gasteiger partial charge on any atom is -0.348 e. The van der Waals surface area contributed by atoms with E-state index in [4.69, 9.17) is 11.6 Å². The molecule has 3 amide bonds. The molecule has 1 heterocycles. The van der Waals surface area contributed by atoms with Crippen molar-refractivity contribution < 1.29 is 14.4 Å². The first-order chi connectivity index (χ1) is 13.3. The van der Waals surface area contributed by atoms with Crippen molar-refractivity contribution in [2.24, 2.45) is 0 Å². The lowest BCUT2D eigenvalue weighted by Crippen LogP contribution is -2.45. The predicted octanol–water partition coefficient (Wildman–Crippen LogP) is 3.22. The van der Waals surface area contributed by atoms with Gasteiger partial charge >= 0.3 is 0 Å². The van der Waals surface area contributed by atoms with Gasteiger partial charge in [0, 0.05) is 12.1 Å². The number of carbonyl (C=O) groups is 3. The van der Waals surface area contributed by atoms with E-state index >= 15 is 0 Å². The number of aryl methyl sites for hydroxylation is 1. The molecule has 7 heteroatoms. The number of rotatable bonds is 5. The van der Waals surface area contributed by atoms with Crippen molar-refractivity contribution in [2.75, 3.05) is 5.32 Å². The van der Waals surface area contributed by atoms with Crippen molar-refractivity contribution >= 4 is 35.0 Å². The number of amides is 3. The molecule has 0 saturated heterocycles. The molecule has 2 unspecified atom stereocenters. The molecule has 1 aliphatic heterocycles. The Morgan fingerprint density at radius 3 is 2.57 bits per heavy atom. The van der Waals surface area contributed by atoms with Crippen LogP contribution in [-0.2, 0) is 16.0 Å². The van der Waals surface area contributed by atoms with Crippen LogP contribution in [-0.4, -0.2) is 23.8 Å². The molecular formula is C21H22ClN3O3. The number of anilines is 1. The van der Waals surface area contributed by atoms with E-state index in [2.05, 4.69) is 16.0 Å². The third-order valence-electron chi connectivity index (χ3n) is 4.74. The third-order valence-corrected chi connectivity index (χ3v) is 5.07. The van der Waals surface area contributed by atoms with Crippen LogP contribution < -0.4 is 16.0 Å². The average Bonchev–Trinajstić information content (AvgIpc) is 2.67. The summed E-state index contributed by atoms with van der Waals surface area (Å²) in [5.41, 5.74) is 3.14. The van der Waals surface area contributed by atoms with Crippen LogP contribution in [0.5, 0.6) is 0 Å². The van der Waals surface area contributed by atoms with Gasteiger partial charge in [0.05, 0.1) is 16.6 Å². The Morgan fingerprint density at radius 1 is 1.07 bits per heavy atom. The molecular weight excluding hydrogens is 378 g/mol. The van der Waals surface area contributed by atoms with Gasteiger partial charge in [0.1, 0.15) is 6.04 Å². The van der Waals surface area contributed by atoms with Crippen LogP contribution in [0.3, 0.4) is 0 Å². The summed E-state index contributed by atoms with van der Waals surface area (Å²) in [6, 6.07) is 11.5. The topological polar surface area (TPSA) is 87.3 Å². The van der Waals surface area contributed by atoms with Crippen LogP contribution in [0.25, 0.3) is 0 Å². The molecule has 3 rings (SSSR count). The highest BCUT2D eigenvalue weighted by molar-refractivity contribution is 6.33. The lowest BCUT2D eigenvalue weighted by atomic mass is 9.97. The van der Waals surface area contributed by atoms with Gasteiger partial charge in [0.15, 0.2) is 0 Å². The van der Waals surface area contributed by atoms with Gasteiger partial charge in [-0.1, -0.05) is 35.9 Å². The summed E-state index contributed by atoms with van der Waals surface area (Å²) in [7, 11) is 0.